The van der Waals surface area contributed by atoms with Crippen LogP contribution in [0.1, 0.15) is 22.7 Å². The molecule has 1 aliphatic carbocycles. The average Bonchev–Trinajstić information content (AvgIpc) is 2.90. The van der Waals surface area contributed by atoms with Gasteiger partial charge in [-0.05, 0) is 11.1 Å². The van der Waals surface area contributed by atoms with Crippen LogP contribution in [0.4, 0.5) is 0 Å². The van der Waals surface area contributed by atoms with Gasteiger partial charge in [0, 0.05) is 31.8 Å². The molecular weight excluding hydrogens is 226 g/mol. The predicted octanol–water partition coefficient (Wildman–Crippen LogP) is 1.17. The van der Waals surface area contributed by atoms with E-state index in [2.05, 4.69) is 22.5 Å². The molecular formula is C14H17N3O. The van der Waals surface area contributed by atoms with Crippen molar-refractivity contribution in [3.05, 3.63) is 53.3 Å². The van der Waals surface area contributed by atoms with Gasteiger partial charge in [-0.3, -0.25) is 4.68 Å². The second-order valence-corrected chi connectivity index (χ2v) is 4.85. The maximum atomic E-state index is 10.1. The lowest BCUT2D eigenvalue weighted by atomic mass is 10.1. The molecule has 2 N–H and O–H groups in total. The summed E-state index contributed by atoms with van der Waals surface area (Å²) in [5, 5.41) is 17.7. The van der Waals surface area contributed by atoms with Crippen molar-refractivity contribution in [1.82, 2.24) is 15.1 Å². The monoisotopic (exact) mass is 243 g/mol. The molecule has 1 aromatic carbocycles. The van der Waals surface area contributed by atoms with Crippen LogP contribution in [-0.4, -0.2) is 21.0 Å². The summed E-state index contributed by atoms with van der Waals surface area (Å²) in [4.78, 5) is 0. The summed E-state index contributed by atoms with van der Waals surface area (Å²) in [7, 11) is 1.91. The first-order chi connectivity index (χ1) is 8.74. The van der Waals surface area contributed by atoms with Crippen molar-refractivity contribution in [1.29, 1.82) is 0 Å². The normalized spacial score (nSPS) is 22.1. The molecule has 1 heterocycles. The van der Waals surface area contributed by atoms with E-state index in [4.69, 9.17) is 0 Å². The number of nitrogens with one attached hydrogen (secondary N) is 1. The number of rotatable bonds is 3. The van der Waals surface area contributed by atoms with Gasteiger partial charge in [0.05, 0.1) is 18.3 Å². The van der Waals surface area contributed by atoms with E-state index in [0.717, 1.165) is 18.5 Å². The Labute approximate surface area is 106 Å². The molecule has 0 aliphatic heterocycles. The van der Waals surface area contributed by atoms with Crippen molar-refractivity contribution < 1.29 is 5.11 Å². The number of nitrogens with zero attached hydrogens (tertiary/aromatic N) is 2. The first-order valence-electron chi connectivity index (χ1n) is 6.21. The van der Waals surface area contributed by atoms with Gasteiger partial charge in [-0.1, -0.05) is 24.3 Å². The van der Waals surface area contributed by atoms with Gasteiger partial charge >= 0.3 is 0 Å². The third-order valence-corrected chi connectivity index (χ3v) is 3.49. The summed E-state index contributed by atoms with van der Waals surface area (Å²) in [6.07, 6.45) is 4.24. The van der Waals surface area contributed by atoms with Crippen LogP contribution in [0, 0.1) is 0 Å². The van der Waals surface area contributed by atoms with E-state index in [1.54, 1.807) is 4.68 Å². The number of aryl methyl sites for hydroxylation is 1. The summed E-state index contributed by atoms with van der Waals surface area (Å²) in [5.41, 5.74) is 3.59. The summed E-state index contributed by atoms with van der Waals surface area (Å²) in [6, 6.07) is 8.25. The lowest BCUT2D eigenvalue weighted by Crippen LogP contribution is -2.28. The molecule has 2 unspecified atom stereocenters. The zero-order valence-electron chi connectivity index (χ0n) is 10.4. The topological polar surface area (TPSA) is 50.1 Å². The van der Waals surface area contributed by atoms with Crippen LogP contribution in [0.15, 0.2) is 36.7 Å². The maximum Gasteiger partial charge on any atom is 0.0775 e. The Balaban J connectivity index is 1.73. The Kier molecular flexibility index (Phi) is 2.89. The number of aromatic nitrogens is 2. The van der Waals surface area contributed by atoms with Gasteiger partial charge in [-0.15, -0.1) is 0 Å². The largest absolute Gasteiger partial charge is 0.391 e. The first kappa shape index (κ1) is 11.4. The Morgan fingerprint density at radius 3 is 3.06 bits per heavy atom. The summed E-state index contributed by atoms with van der Waals surface area (Å²) in [5.74, 6) is 0. The maximum absolute atomic E-state index is 10.1. The zero-order valence-corrected chi connectivity index (χ0v) is 10.4. The molecule has 4 heteroatoms. The van der Waals surface area contributed by atoms with Crippen molar-refractivity contribution in [2.24, 2.45) is 7.05 Å². The van der Waals surface area contributed by atoms with Crippen LogP contribution in [-0.2, 0) is 20.0 Å². The van der Waals surface area contributed by atoms with E-state index in [0.29, 0.717) is 0 Å². The Hall–Kier alpha value is -1.65. The number of hydrogen-bond donors (Lipinski definition) is 2. The summed E-state index contributed by atoms with van der Waals surface area (Å²) in [6.45, 7) is 0.726. The Bertz CT molecular complexity index is 549. The first-order valence-corrected chi connectivity index (χ1v) is 6.21. The molecule has 0 bridgehead atoms. The molecule has 0 saturated heterocycles. The predicted molar refractivity (Wildman–Crippen MR) is 68.9 cm³/mol. The summed E-state index contributed by atoms with van der Waals surface area (Å²) >= 11 is 0. The second kappa shape index (κ2) is 4.55. The Morgan fingerprint density at radius 1 is 1.44 bits per heavy atom. The highest BCUT2D eigenvalue weighted by Gasteiger charge is 2.30. The van der Waals surface area contributed by atoms with E-state index < -0.39 is 0 Å². The van der Waals surface area contributed by atoms with Crippen LogP contribution in [0.25, 0.3) is 0 Å². The van der Waals surface area contributed by atoms with Crippen LogP contribution in [0.2, 0.25) is 0 Å². The van der Waals surface area contributed by atoms with Crippen molar-refractivity contribution >= 4 is 0 Å². The molecule has 0 radical (unpaired) electrons. The van der Waals surface area contributed by atoms with Gasteiger partial charge in [-0.2, -0.15) is 5.10 Å². The van der Waals surface area contributed by atoms with Crippen molar-refractivity contribution in [3.63, 3.8) is 0 Å². The minimum absolute atomic E-state index is 0.0291. The standard InChI is InChI=1S/C14H17N3O/c1-17-9-10(8-16-17)7-15-14-12-5-3-2-4-11(12)6-13(14)18/h2-5,8-9,13-15,18H,6-7H2,1H3. The smallest absolute Gasteiger partial charge is 0.0775 e. The van der Waals surface area contributed by atoms with Gasteiger partial charge in [0.15, 0.2) is 0 Å². The summed E-state index contributed by atoms with van der Waals surface area (Å²) < 4.78 is 1.79. The Morgan fingerprint density at radius 2 is 2.28 bits per heavy atom. The minimum Gasteiger partial charge on any atom is -0.391 e. The van der Waals surface area contributed by atoms with E-state index in [1.807, 2.05) is 31.6 Å². The molecule has 1 aliphatic rings. The number of fused-ring (bicyclic) bond motifs is 1. The van der Waals surface area contributed by atoms with Gasteiger partial charge < -0.3 is 10.4 Å². The molecule has 4 nitrogen and oxygen atoms in total. The highest BCUT2D eigenvalue weighted by Crippen LogP contribution is 2.31. The quantitative estimate of drug-likeness (QED) is 0.850. The molecule has 0 spiro atoms. The van der Waals surface area contributed by atoms with Crippen LogP contribution >= 0.6 is 0 Å². The highest BCUT2D eigenvalue weighted by molar-refractivity contribution is 5.36. The molecule has 2 atom stereocenters. The SMILES string of the molecule is Cn1cc(CNC2c3ccccc3CC2O)cn1. The van der Waals surface area contributed by atoms with Crippen molar-refractivity contribution in [2.75, 3.05) is 0 Å². The lowest BCUT2D eigenvalue weighted by molar-refractivity contribution is 0.140. The molecule has 0 fully saturated rings. The van der Waals surface area contributed by atoms with Gasteiger partial charge in [0.2, 0.25) is 0 Å². The fourth-order valence-electron chi connectivity index (χ4n) is 2.61. The molecule has 1 aromatic heterocycles. The van der Waals surface area contributed by atoms with E-state index >= 15 is 0 Å². The molecule has 18 heavy (non-hydrogen) atoms. The molecule has 0 amide bonds. The number of benzene rings is 1. The number of aliphatic hydroxyl groups excluding tert-OH is 1. The second-order valence-electron chi connectivity index (χ2n) is 4.85. The van der Waals surface area contributed by atoms with Crippen LogP contribution in [0.3, 0.4) is 0 Å². The van der Waals surface area contributed by atoms with Gasteiger partial charge in [-0.25, -0.2) is 0 Å². The van der Waals surface area contributed by atoms with E-state index in [1.165, 1.54) is 11.1 Å². The molecule has 94 valence electrons. The van der Waals surface area contributed by atoms with Gasteiger partial charge in [0.1, 0.15) is 0 Å². The van der Waals surface area contributed by atoms with E-state index in [9.17, 15) is 5.11 Å². The lowest BCUT2D eigenvalue weighted by Gasteiger charge is -2.17. The van der Waals surface area contributed by atoms with Gasteiger partial charge in [0.25, 0.3) is 0 Å². The van der Waals surface area contributed by atoms with Crippen LogP contribution < -0.4 is 5.32 Å². The minimum atomic E-state index is -0.334. The van der Waals surface area contributed by atoms with Crippen molar-refractivity contribution in [2.45, 2.75) is 25.1 Å². The third kappa shape index (κ3) is 2.05. The number of aliphatic hydroxyl groups is 1. The number of hydrogen-bond acceptors (Lipinski definition) is 3. The van der Waals surface area contributed by atoms with Crippen LogP contribution in [0.5, 0.6) is 0 Å². The fourth-order valence-corrected chi connectivity index (χ4v) is 2.61. The fraction of sp³-hybridized carbons (Fsp3) is 0.357. The molecule has 2 aromatic rings. The van der Waals surface area contributed by atoms with E-state index in [-0.39, 0.29) is 12.1 Å². The molecule has 0 saturated carbocycles. The highest BCUT2D eigenvalue weighted by atomic mass is 16.3. The average molecular weight is 243 g/mol. The third-order valence-electron chi connectivity index (χ3n) is 3.49. The van der Waals surface area contributed by atoms with Crippen molar-refractivity contribution in [3.8, 4) is 0 Å². The zero-order chi connectivity index (χ0) is 12.5. The molecule has 3 rings (SSSR count).